The molecule has 1 aliphatic heterocycles. The van der Waals surface area contributed by atoms with Crippen LogP contribution in [0.1, 0.15) is 45.6 Å². The molecule has 0 spiro atoms. The van der Waals surface area contributed by atoms with Crippen LogP contribution in [0.15, 0.2) is 18.2 Å². The van der Waals surface area contributed by atoms with E-state index in [1.165, 1.54) is 11.3 Å². The van der Waals surface area contributed by atoms with E-state index >= 15 is 0 Å². The van der Waals surface area contributed by atoms with Gasteiger partial charge < -0.3 is 15.0 Å². The normalized spacial score (nSPS) is 23.7. The van der Waals surface area contributed by atoms with Gasteiger partial charge in [0.1, 0.15) is 5.60 Å². The van der Waals surface area contributed by atoms with E-state index < -0.39 is 5.60 Å². The van der Waals surface area contributed by atoms with Crippen LogP contribution in [-0.2, 0) is 11.2 Å². The van der Waals surface area contributed by atoms with Crippen molar-refractivity contribution in [3.05, 3.63) is 28.8 Å². The number of anilines is 1. The predicted octanol–water partition coefficient (Wildman–Crippen LogP) is 4.15. The van der Waals surface area contributed by atoms with Crippen LogP contribution in [0, 0.1) is 0 Å². The number of carbonyl (C=O) groups excluding carboxylic acids is 1. The Morgan fingerprint density at radius 2 is 2.09 bits per heavy atom. The Bertz CT molecular complexity index is 591. The Kier molecular flexibility index (Phi) is 4.45. The molecule has 1 heterocycles. The fourth-order valence-electron chi connectivity index (χ4n) is 3.41. The summed E-state index contributed by atoms with van der Waals surface area (Å²) < 4.78 is 5.32. The van der Waals surface area contributed by atoms with E-state index in [4.69, 9.17) is 16.3 Å². The van der Waals surface area contributed by atoms with Gasteiger partial charge in [0.15, 0.2) is 0 Å². The maximum Gasteiger partial charge on any atom is 0.407 e. The summed E-state index contributed by atoms with van der Waals surface area (Å²) in [7, 11) is 0. The fourth-order valence-corrected chi connectivity index (χ4v) is 3.60. The van der Waals surface area contributed by atoms with Crippen LogP contribution < -0.4 is 10.2 Å². The van der Waals surface area contributed by atoms with Crippen LogP contribution in [-0.4, -0.2) is 30.3 Å². The third-order valence-corrected chi connectivity index (χ3v) is 4.71. The van der Waals surface area contributed by atoms with Crippen molar-refractivity contribution in [1.29, 1.82) is 0 Å². The van der Waals surface area contributed by atoms with Crippen molar-refractivity contribution in [3.63, 3.8) is 0 Å². The Morgan fingerprint density at radius 3 is 2.78 bits per heavy atom. The highest BCUT2D eigenvalue weighted by atomic mass is 35.5. The van der Waals surface area contributed by atoms with Crippen molar-refractivity contribution >= 4 is 23.4 Å². The van der Waals surface area contributed by atoms with Crippen molar-refractivity contribution < 1.29 is 9.53 Å². The number of hydrogen-bond donors (Lipinski definition) is 1. The topological polar surface area (TPSA) is 41.6 Å². The van der Waals surface area contributed by atoms with Crippen LogP contribution in [0.25, 0.3) is 0 Å². The summed E-state index contributed by atoms with van der Waals surface area (Å²) in [6.07, 6.45) is 3.89. The molecule has 1 fully saturated rings. The Balaban J connectivity index is 1.56. The first kappa shape index (κ1) is 16.4. The maximum absolute atomic E-state index is 11.8. The molecular weight excluding hydrogens is 312 g/mol. The second-order valence-electron chi connectivity index (χ2n) is 7.54. The standard InChI is InChI=1S/C18H25ClN2O2/c1-18(2,3)23-17(22)20-14-10-15(11-14)21-8-4-5-12-9-13(19)6-7-16(12)21/h6-7,9,14-15H,4-5,8,10-11H2,1-3H3,(H,20,22)/t14-,15-. The molecule has 126 valence electrons. The van der Waals surface area contributed by atoms with Crippen molar-refractivity contribution in [2.45, 2.75) is 64.1 Å². The van der Waals surface area contributed by atoms with Gasteiger partial charge in [-0.15, -0.1) is 0 Å². The average molecular weight is 337 g/mol. The summed E-state index contributed by atoms with van der Waals surface area (Å²) in [6.45, 7) is 6.72. The van der Waals surface area contributed by atoms with Gasteiger partial charge >= 0.3 is 6.09 Å². The van der Waals surface area contributed by atoms with Gasteiger partial charge in [-0.05, 0) is 70.2 Å². The summed E-state index contributed by atoms with van der Waals surface area (Å²) in [5, 5.41) is 3.78. The van der Waals surface area contributed by atoms with Gasteiger partial charge in [-0.2, -0.15) is 0 Å². The van der Waals surface area contributed by atoms with Gasteiger partial charge in [-0.1, -0.05) is 11.6 Å². The van der Waals surface area contributed by atoms with Crippen LogP contribution in [0.3, 0.4) is 0 Å². The Morgan fingerprint density at radius 1 is 1.35 bits per heavy atom. The van der Waals surface area contributed by atoms with E-state index in [1.54, 1.807) is 0 Å². The monoisotopic (exact) mass is 336 g/mol. The molecule has 1 N–H and O–H groups in total. The molecule has 1 amide bonds. The zero-order valence-corrected chi connectivity index (χ0v) is 14.8. The van der Waals surface area contributed by atoms with Crippen molar-refractivity contribution in [3.8, 4) is 0 Å². The predicted molar refractivity (Wildman–Crippen MR) is 93.3 cm³/mol. The number of fused-ring (bicyclic) bond motifs is 1. The molecular formula is C18H25ClN2O2. The molecule has 2 aliphatic rings. The number of nitrogens with zero attached hydrogens (tertiary/aromatic N) is 1. The number of halogens is 1. The number of aryl methyl sites for hydroxylation is 1. The molecule has 5 heteroatoms. The highest BCUT2D eigenvalue weighted by Gasteiger charge is 2.37. The summed E-state index contributed by atoms with van der Waals surface area (Å²) in [4.78, 5) is 14.3. The van der Waals surface area contributed by atoms with Gasteiger partial charge in [0.25, 0.3) is 0 Å². The number of rotatable bonds is 2. The van der Waals surface area contributed by atoms with E-state index in [1.807, 2.05) is 26.8 Å². The average Bonchev–Trinajstić information content (AvgIpc) is 2.39. The van der Waals surface area contributed by atoms with Gasteiger partial charge in [-0.25, -0.2) is 4.79 Å². The zero-order valence-electron chi connectivity index (χ0n) is 14.1. The number of amides is 1. The number of carbonyl (C=O) groups is 1. The van der Waals surface area contributed by atoms with E-state index in [0.717, 1.165) is 37.3 Å². The first-order chi connectivity index (χ1) is 10.8. The number of ether oxygens (including phenoxy) is 1. The lowest BCUT2D eigenvalue weighted by Gasteiger charge is -2.46. The Hall–Kier alpha value is -1.42. The molecule has 1 aromatic rings. The summed E-state index contributed by atoms with van der Waals surface area (Å²) in [6, 6.07) is 6.89. The minimum absolute atomic E-state index is 0.215. The maximum atomic E-state index is 11.8. The molecule has 0 aromatic heterocycles. The highest BCUT2D eigenvalue weighted by molar-refractivity contribution is 6.30. The summed E-state index contributed by atoms with van der Waals surface area (Å²) in [5.74, 6) is 0. The fraction of sp³-hybridized carbons (Fsp3) is 0.611. The van der Waals surface area contributed by atoms with Gasteiger partial charge in [-0.3, -0.25) is 0 Å². The summed E-state index contributed by atoms with van der Waals surface area (Å²) in [5.41, 5.74) is 2.20. The largest absolute Gasteiger partial charge is 0.444 e. The quantitative estimate of drug-likeness (QED) is 0.882. The minimum atomic E-state index is -0.446. The molecule has 0 atom stereocenters. The summed E-state index contributed by atoms with van der Waals surface area (Å²) >= 11 is 6.11. The van der Waals surface area contributed by atoms with E-state index in [2.05, 4.69) is 22.3 Å². The lowest BCUT2D eigenvalue weighted by Crippen LogP contribution is -2.55. The van der Waals surface area contributed by atoms with Crippen molar-refractivity contribution in [2.24, 2.45) is 0 Å². The minimum Gasteiger partial charge on any atom is -0.444 e. The Labute approximate surface area is 143 Å². The number of alkyl carbamates (subject to hydrolysis) is 1. The smallest absolute Gasteiger partial charge is 0.407 e. The highest BCUT2D eigenvalue weighted by Crippen LogP contribution is 2.36. The molecule has 0 radical (unpaired) electrons. The second-order valence-corrected chi connectivity index (χ2v) is 7.97. The third kappa shape index (κ3) is 3.92. The van der Waals surface area contributed by atoms with Crippen molar-refractivity contribution in [2.75, 3.05) is 11.4 Å². The van der Waals surface area contributed by atoms with E-state index in [0.29, 0.717) is 6.04 Å². The zero-order chi connectivity index (χ0) is 16.6. The molecule has 0 unspecified atom stereocenters. The number of benzene rings is 1. The van der Waals surface area contributed by atoms with E-state index in [-0.39, 0.29) is 12.1 Å². The van der Waals surface area contributed by atoms with Gasteiger partial charge in [0, 0.05) is 29.3 Å². The lowest BCUT2D eigenvalue weighted by molar-refractivity contribution is 0.0470. The molecule has 0 bridgehead atoms. The second kappa shape index (κ2) is 6.23. The van der Waals surface area contributed by atoms with Crippen molar-refractivity contribution in [1.82, 2.24) is 5.32 Å². The van der Waals surface area contributed by atoms with Crippen LogP contribution in [0.2, 0.25) is 5.02 Å². The lowest BCUT2D eigenvalue weighted by atomic mass is 9.83. The molecule has 4 nitrogen and oxygen atoms in total. The number of nitrogens with one attached hydrogen (secondary N) is 1. The molecule has 1 saturated carbocycles. The molecule has 1 aromatic carbocycles. The van der Waals surface area contributed by atoms with Gasteiger partial charge in [0.05, 0.1) is 0 Å². The first-order valence-corrected chi connectivity index (χ1v) is 8.74. The number of hydrogen-bond acceptors (Lipinski definition) is 3. The molecule has 0 saturated heterocycles. The first-order valence-electron chi connectivity index (χ1n) is 8.36. The van der Waals surface area contributed by atoms with Crippen LogP contribution in [0.4, 0.5) is 10.5 Å². The third-order valence-electron chi connectivity index (χ3n) is 4.47. The molecule has 1 aliphatic carbocycles. The molecule has 23 heavy (non-hydrogen) atoms. The SMILES string of the molecule is CC(C)(C)OC(=O)N[C@H]1C[C@H](N2CCCc3cc(Cl)ccc32)C1. The van der Waals surface area contributed by atoms with Crippen LogP contribution in [0.5, 0.6) is 0 Å². The van der Waals surface area contributed by atoms with Crippen LogP contribution >= 0.6 is 11.6 Å². The van der Waals surface area contributed by atoms with E-state index in [9.17, 15) is 4.79 Å². The molecule has 3 rings (SSSR count). The van der Waals surface area contributed by atoms with Gasteiger partial charge in [0.2, 0.25) is 0 Å².